The summed E-state index contributed by atoms with van der Waals surface area (Å²) in [4.78, 5) is 14.0. The molecule has 0 spiro atoms. The Hall–Kier alpha value is -2.03. The number of nitrogens with zero attached hydrogens (tertiary/aromatic N) is 1. The summed E-state index contributed by atoms with van der Waals surface area (Å²) in [5, 5.41) is 1.02. The summed E-state index contributed by atoms with van der Waals surface area (Å²) in [7, 11) is 1.80. The minimum atomic E-state index is 0.00315. The number of amides is 1. The molecule has 3 nitrogen and oxygen atoms in total. The second-order valence-electron chi connectivity index (χ2n) is 4.49. The molecule has 0 fully saturated rings. The summed E-state index contributed by atoms with van der Waals surface area (Å²) >= 11 is 0. The Balaban J connectivity index is 2.44. The predicted octanol–water partition coefficient (Wildman–Crippen LogP) is 3.70. The highest BCUT2D eigenvalue weighted by molar-refractivity contribution is 6.19. The van der Waals surface area contributed by atoms with Gasteiger partial charge < -0.3 is 9.32 Å². The third-order valence-electron chi connectivity index (χ3n) is 3.15. The van der Waals surface area contributed by atoms with Gasteiger partial charge in [0.25, 0.3) is 5.91 Å². The van der Waals surface area contributed by atoms with Crippen molar-refractivity contribution in [3.8, 4) is 0 Å². The summed E-state index contributed by atoms with van der Waals surface area (Å²) in [5.74, 6) is 0.650. The smallest absolute Gasteiger partial charge is 0.257 e. The number of hydrogen-bond acceptors (Lipinski definition) is 2. The van der Waals surface area contributed by atoms with E-state index in [4.69, 9.17) is 4.42 Å². The highest BCUT2D eigenvalue weighted by Crippen LogP contribution is 2.26. The van der Waals surface area contributed by atoms with Crippen molar-refractivity contribution in [1.82, 2.24) is 4.90 Å². The van der Waals surface area contributed by atoms with Crippen LogP contribution in [0.4, 0.5) is 0 Å². The molecule has 100 valence electrons. The van der Waals surface area contributed by atoms with Crippen LogP contribution in [-0.2, 0) is 4.79 Å². The van der Waals surface area contributed by atoms with E-state index in [0.717, 1.165) is 17.4 Å². The topological polar surface area (TPSA) is 33.5 Å². The van der Waals surface area contributed by atoms with Gasteiger partial charge in [-0.3, -0.25) is 4.79 Å². The molecule has 0 aliphatic rings. The quantitative estimate of drug-likeness (QED) is 0.782. The van der Waals surface area contributed by atoms with Gasteiger partial charge in [0, 0.05) is 19.0 Å². The van der Waals surface area contributed by atoms with Crippen molar-refractivity contribution in [2.75, 3.05) is 13.6 Å². The molecular formula is C16H19NO2. The van der Waals surface area contributed by atoms with Crippen molar-refractivity contribution in [1.29, 1.82) is 0 Å². The lowest BCUT2D eigenvalue weighted by atomic mass is 10.1. The Bertz CT molecular complexity index is 577. The SMILES string of the molecule is CCC=C(C(=O)N(C)CC)c1cc2ccccc2o1. The molecule has 3 heteroatoms. The fourth-order valence-electron chi connectivity index (χ4n) is 1.96. The monoisotopic (exact) mass is 257 g/mol. The van der Waals surface area contributed by atoms with Crippen LogP contribution in [0.1, 0.15) is 26.0 Å². The maximum Gasteiger partial charge on any atom is 0.257 e. The molecule has 0 bridgehead atoms. The van der Waals surface area contributed by atoms with Gasteiger partial charge in [-0.1, -0.05) is 31.2 Å². The first-order valence-corrected chi connectivity index (χ1v) is 6.62. The molecule has 1 aromatic heterocycles. The Kier molecular flexibility index (Phi) is 4.05. The molecule has 0 atom stereocenters. The van der Waals surface area contributed by atoms with Crippen molar-refractivity contribution in [2.24, 2.45) is 0 Å². The third kappa shape index (κ3) is 2.70. The molecule has 0 aliphatic carbocycles. The van der Waals surface area contributed by atoms with E-state index in [9.17, 15) is 4.79 Å². The van der Waals surface area contributed by atoms with Crippen LogP contribution in [0.3, 0.4) is 0 Å². The maximum atomic E-state index is 12.3. The van der Waals surface area contributed by atoms with E-state index in [1.807, 2.05) is 50.3 Å². The summed E-state index contributed by atoms with van der Waals surface area (Å²) in [6.07, 6.45) is 2.72. The number of likely N-dealkylation sites (N-methyl/N-ethyl adjacent to an activating group) is 1. The molecule has 1 amide bonds. The van der Waals surface area contributed by atoms with Gasteiger partial charge in [0.1, 0.15) is 11.3 Å². The van der Waals surface area contributed by atoms with E-state index in [1.165, 1.54) is 0 Å². The summed E-state index contributed by atoms with van der Waals surface area (Å²) < 4.78 is 5.78. The average molecular weight is 257 g/mol. The van der Waals surface area contributed by atoms with Crippen molar-refractivity contribution in [2.45, 2.75) is 20.3 Å². The lowest BCUT2D eigenvalue weighted by Gasteiger charge is -2.15. The van der Waals surface area contributed by atoms with Gasteiger partial charge in [-0.15, -0.1) is 0 Å². The van der Waals surface area contributed by atoms with Crippen LogP contribution < -0.4 is 0 Å². The largest absolute Gasteiger partial charge is 0.456 e. The highest BCUT2D eigenvalue weighted by atomic mass is 16.3. The minimum absolute atomic E-state index is 0.00315. The minimum Gasteiger partial charge on any atom is -0.456 e. The fraction of sp³-hybridized carbons (Fsp3) is 0.312. The second kappa shape index (κ2) is 5.74. The molecule has 0 N–H and O–H groups in total. The van der Waals surface area contributed by atoms with Gasteiger partial charge in [-0.2, -0.15) is 0 Å². The van der Waals surface area contributed by atoms with Gasteiger partial charge in [0.15, 0.2) is 0 Å². The average Bonchev–Trinajstić information content (AvgIpc) is 2.86. The molecule has 2 rings (SSSR count). The predicted molar refractivity (Wildman–Crippen MR) is 77.8 cm³/mol. The standard InChI is InChI=1S/C16H19NO2/c1-4-8-13(16(18)17(3)5-2)15-11-12-9-6-7-10-14(12)19-15/h6-11H,4-5H2,1-3H3. The lowest BCUT2D eigenvalue weighted by Crippen LogP contribution is -2.27. The highest BCUT2D eigenvalue weighted by Gasteiger charge is 2.18. The number of carbonyl (C=O) groups is 1. The number of fused-ring (bicyclic) bond motifs is 1. The zero-order valence-corrected chi connectivity index (χ0v) is 11.6. The van der Waals surface area contributed by atoms with Crippen molar-refractivity contribution in [3.05, 3.63) is 42.2 Å². The van der Waals surface area contributed by atoms with Gasteiger partial charge in [0.2, 0.25) is 0 Å². The first kappa shape index (κ1) is 13.4. The van der Waals surface area contributed by atoms with Crippen molar-refractivity contribution >= 4 is 22.4 Å². The first-order chi connectivity index (χ1) is 9.17. The number of rotatable bonds is 4. The molecule has 2 aromatic rings. The molecule has 1 aromatic carbocycles. The molecule has 19 heavy (non-hydrogen) atoms. The van der Waals surface area contributed by atoms with E-state index in [0.29, 0.717) is 17.9 Å². The fourth-order valence-corrected chi connectivity index (χ4v) is 1.96. The van der Waals surface area contributed by atoms with Gasteiger partial charge >= 0.3 is 0 Å². The zero-order valence-electron chi connectivity index (χ0n) is 11.6. The summed E-state index contributed by atoms with van der Waals surface area (Å²) in [5.41, 5.74) is 1.45. The number of para-hydroxylation sites is 1. The van der Waals surface area contributed by atoms with Crippen molar-refractivity contribution in [3.63, 3.8) is 0 Å². The van der Waals surface area contributed by atoms with Crippen LogP contribution >= 0.6 is 0 Å². The first-order valence-electron chi connectivity index (χ1n) is 6.62. The van der Waals surface area contributed by atoms with Crippen molar-refractivity contribution < 1.29 is 9.21 Å². The van der Waals surface area contributed by atoms with Gasteiger partial charge in [-0.05, 0) is 25.5 Å². The second-order valence-corrected chi connectivity index (χ2v) is 4.49. The Morgan fingerprint density at radius 3 is 2.68 bits per heavy atom. The number of furan rings is 1. The van der Waals surface area contributed by atoms with Crippen LogP contribution in [0.25, 0.3) is 16.5 Å². The van der Waals surface area contributed by atoms with Gasteiger partial charge in [0.05, 0.1) is 5.57 Å². The van der Waals surface area contributed by atoms with Crippen LogP contribution in [0.5, 0.6) is 0 Å². The number of hydrogen-bond donors (Lipinski definition) is 0. The van der Waals surface area contributed by atoms with E-state index in [1.54, 1.807) is 11.9 Å². The van der Waals surface area contributed by atoms with E-state index >= 15 is 0 Å². The molecule has 0 radical (unpaired) electrons. The Morgan fingerprint density at radius 2 is 2.05 bits per heavy atom. The Morgan fingerprint density at radius 1 is 1.32 bits per heavy atom. The molecule has 0 unspecified atom stereocenters. The molecule has 0 saturated carbocycles. The molecule has 1 heterocycles. The van der Waals surface area contributed by atoms with Crippen LogP contribution in [0.2, 0.25) is 0 Å². The zero-order chi connectivity index (χ0) is 13.8. The summed E-state index contributed by atoms with van der Waals surface area (Å²) in [6, 6.07) is 9.72. The van der Waals surface area contributed by atoms with Crippen LogP contribution in [0, 0.1) is 0 Å². The molecule has 0 saturated heterocycles. The summed E-state index contributed by atoms with van der Waals surface area (Å²) in [6.45, 7) is 4.65. The normalized spacial score (nSPS) is 11.8. The van der Waals surface area contributed by atoms with Crippen LogP contribution in [0.15, 0.2) is 40.8 Å². The maximum absolute atomic E-state index is 12.3. The van der Waals surface area contributed by atoms with Gasteiger partial charge in [-0.25, -0.2) is 0 Å². The number of benzene rings is 1. The lowest BCUT2D eigenvalue weighted by molar-refractivity contribution is -0.123. The number of allylic oxidation sites excluding steroid dienone is 1. The molecule has 0 aliphatic heterocycles. The third-order valence-corrected chi connectivity index (χ3v) is 3.15. The van der Waals surface area contributed by atoms with E-state index in [2.05, 4.69) is 0 Å². The molecular weight excluding hydrogens is 238 g/mol. The Labute approximate surface area is 113 Å². The number of carbonyl (C=O) groups excluding carboxylic acids is 1. The van der Waals surface area contributed by atoms with E-state index < -0.39 is 0 Å². The van der Waals surface area contributed by atoms with Crippen LogP contribution in [-0.4, -0.2) is 24.4 Å². The van der Waals surface area contributed by atoms with E-state index in [-0.39, 0.29) is 5.91 Å².